The largest absolute Gasteiger partial charge is 0.497 e. The molecule has 1 radical (unpaired) electrons. The van der Waals surface area contributed by atoms with Gasteiger partial charge in [-0.15, -0.1) is 0 Å². The first-order chi connectivity index (χ1) is 5.77. The molecule has 0 aliphatic carbocycles. The van der Waals surface area contributed by atoms with Crippen LogP contribution in [-0.4, -0.2) is 14.2 Å². The van der Waals surface area contributed by atoms with Crippen LogP contribution in [-0.2, 0) is 0 Å². The van der Waals surface area contributed by atoms with Gasteiger partial charge in [0.15, 0.2) is 0 Å². The van der Waals surface area contributed by atoms with Crippen LogP contribution in [0.25, 0.3) is 0 Å². The quantitative estimate of drug-likeness (QED) is 0.670. The molecule has 0 amide bonds. The maximum Gasteiger partial charge on any atom is 0.119 e. The standard InChI is InChI=1S/C10H14NO/c1-8(11-2)9-5-4-6-10(7-9)12-3/h4-8H,1-3H3. The molecule has 12 heavy (non-hydrogen) atoms. The van der Waals surface area contributed by atoms with Crippen LogP contribution in [0.3, 0.4) is 0 Å². The van der Waals surface area contributed by atoms with E-state index < -0.39 is 0 Å². The smallest absolute Gasteiger partial charge is 0.119 e. The molecule has 2 heteroatoms. The summed E-state index contributed by atoms with van der Waals surface area (Å²) in [6.07, 6.45) is 0. The van der Waals surface area contributed by atoms with Gasteiger partial charge in [0.1, 0.15) is 5.75 Å². The van der Waals surface area contributed by atoms with Crippen molar-refractivity contribution < 1.29 is 4.74 Å². The minimum absolute atomic E-state index is 0.250. The Morgan fingerprint density at radius 3 is 2.75 bits per heavy atom. The van der Waals surface area contributed by atoms with E-state index in [1.54, 1.807) is 7.11 Å². The predicted octanol–water partition coefficient (Wildman–Crippen LogP) is 1.99. The molecule has 0 heterocycles. The lowest BCUT2D eigenvalue weighted by atomic mass is 10.1. The Balaban J connectivity index is 2.86. The molecule has 1 aromatic rings. The second-order valence-corrected chi connectivity index (χ2v) is 2.71. The number of hydrogen-bond donors (Lipinski definition) is 0. The third kappa shape index (κ3) is 1.98. The predicted molar refractivity (Wildman–Crippen MR) is 49.5 cm³/mol. The summed E-state index contributed by atoms with van der Waals surface area (Å²) >= 11 is 0. The van der Waals surface area contributed by atoms with Crippen LogP contribution in [0.15, 0.2) is 24.3 Å². The summed E-state index contributed by atoms with van der Waals surface area (Å²) in [7, 11) is 3.50. The molecule has 0 bridgehead atoms. The summed E-state index contributed by atoms with van der Waals surface area (Å²) in [5, 5.41) is 4.18. The van der Waals surface area contributed by atoms with Crippen molar-refractivity contribution in [3.63, 3.8) is 0 Å². The van der Waals surface area contributed by atoms with Gasteiger partial charge in [0, 0.05) is 13.1 Å². The highest BCUT2D eigenvalue weighted by atomic mass is 16.5. The van der Waals surface area contributed by atoms with E-state index >= 15 is 0 Å². The van der Waals surface area contributed by atoms with Crippen molar-refractivity contribution >= 4 is 0 Å². The van der Waals surface area contributed by atoms with E-state index in [1.807, 2.05) is 25.2 Å². The number of rotatable bonds is 3. The second kappa shape index (κ2) is 4.12. The molecule has 65 valence electrons. The van der Waals surface area contributed by atoms with E-state index in [2.05, 4.69) is 18.3 Å². The first-order valence-electron chi connectivity index (χ1n) is 4.01. The number of benzene rings is 1. The Labute approximate surface area is 73.6 Å². The summed E-state index contributed by atoms with van der Waals surface area (Å²) in [5.41, 5.74) is 1.19. The number of methoxy groups -OCH3 is 1. The van der Waals surface area contributed by atoms with Crippen LogP contribution in [0, 0.1) is 0 Å². The molecular weight excluding hydrogens is 150 g/mol. The van der Waals surface area contributed by atoms with Gasteiger partial charge >= 0.3 is 0 Å². The number of nitrogens with zero attached hydrogens (tertiary/aromatic N) is 1. The molecule has 1 aromatic carbocycles. The van der Waals surface area contributed by atoms with Crippen molar-refractivity contribution in [3.8, 4) is 5.75 Å². The van der Waals surface area contributed by atoms with Crippen LogP contribution in [0.4, 0.5) is 0 Å². The van der Waals surface area contributed by atoms with E-state index in [9.17, 15) is 0 Å². The van der Waals surface area contributed by atoms with Crippen LogP contribution in [0.1, 0.15) is 18.5 Å². The third-order valence-corrected chi connectivity index (χ3v) is 1.96. The van der Waals surface area contributed by atoms with Crippen LogP contribution < -0.4 is 10.1 Å². The average molecular weight is 164 g/mol. The molecule has 0 fully saturated rings. The normalized spacial score (nSPS) is 12.6. The van der Waals surface area contributed by atoms with Gasteiger partial charge in [0.2, 0.25) is 0 Å². The van der Waals surface area contributed by atoms with Crippen molar-refractivity contribution in [1.29, 1.82) is 0 Å². The highest BCUT2D eigenvalue weighted by Crippen LogP contribution is 2.18. The highest BCUT2D eigenvalue weighted by molar-refractivity contribution is 5.30. The van der Waals surface area contributed by atoms with Gasteiger partial charge in [-0.2, -0.15) is 0 Å². The van der Waals surface area contributed by atoms with Gasteiger partial charge < -0.3 is 4.74 Å². The zero-order chi connectivity index (χ0) is 8.97. The maximum atomic E-state index is 5.11. The van der Waals surface area contributed by atoms with Crippen LogP contribution >= 0.6 is 0 Å². The lowest BCUT2D eigenvalue weighted by molar-refractivity contribution is 0.413. The van der Waals surface area contributed by atoms with Gasteiger partial charge in [-0.25, -0.2) is 5.32 Å². The van der Waals surface area contributed by atoms with Gasteiger partial charge in [-0.1, -0.05) is 12.1 Å². The number of ether oxygens (including phenoxy) is 1. The van der Waals surface area contributed by atoms with Crippen molar-refractivity contribution in [3.05, 3.63) is 29.8 Å². The molecule has 0 saturated carbocycles. The van der Waals surface area contributed by atoms with Crippen LogP contribution in [0.2, 0.25) is 0 Å². The highest BCUT2D eigenvalue weighted by Gasteiger charge is 2.03. The SMILES string of the molecule is C[N]C(C)c1cccc(OC)c1. The van der Waals surface area contributed by atoms with Gasteiger partial charge in [-0.05, 0) is 24.6 Å². The summed E-state index contributed by atoms with van der Waals surface area (Å²) < 4.78 is 5.11. The summed E-state index contributed by atoms with van der Waals surface area (Å²) in [6.45, 7) is 2.06. The summed E-state index contributed by atoms with van der Waals surface area (Å²) in [4.78, 5) is 0. The van der Waals surface area contributed by atoms with Gasteiger partial charge in [0.25, 0.3) is 0 Å². The molecule has 0 N–H and O–H groups in total. The summed E-state index contributed by atoms with van der Waals surface area (Å²) in [6, 6.07) is 8.24. The molecule has 0 aliphatic rings. The number of hydrogen-bond acceptors (Lipinski definition) is 1. The van der Waals surface area contributed by atoms with E-state index in [4.69, 9.17) is 4.74 Å². The lowest BCUT2D eigenvalue weighted by Gasteiger charge is -2.09. The van der Waals surface area contributed by atoms with Crippen LogP contribution in [0.5, 0.6) is 5.75 Å². The molecular formula is C10H14NO. The maximum absolute atomic E-state index is 5.11. The monoisotopic (exact) mass is 164 g/mol. The lowest BCUT2D eigenvalue weighted by Crippen LogP contribution is -2.04. The van der Waals surface area contributed by atoms with Gasteiger partial charge in [0.05, 0.1) is 7.11 Å². The van der Waals surface area contributed by atoms with Gasteiger partial charge in [-0.3, -0.25) is 0 Å². The topological polar surface area (TPSA) is 23.3 Å². The molecule has 0 saturated heterocycles. The summed E-state index contributed by atoms with van der Waals surface area (Å²) in [5.74, 6) is 0.892. The zero-order valence-corrected chi connectivity index (χ0v) is 7.74. The van der Waals surface area contributed by atoms with E-state index in [0.29, 0.717) is 0 Å². The molecule has 0 aliphatic heterocycles. The minimum Gasteiger partial charge on any atom is -0.497 e. The minimum atomic E-state index is 0.250. The molecule has 1 atom stereocenters. The average Bonchev–Trinajstić information content (AvgIpc) is 2.17. The fourth-order valence-electron chi connectivity index (χ4n) is 1.05. The Morgan fingerprint density at radius 2 is 2.17 bits per heavy atom. The first kappa shape index (κ1) is 9.07. The molecule has 2 nitrogen and oxygen atoms in total. The van der Waals surface area contributed by atoms with Crippen molar-refractivity contribution in [2.75, 3.05) is 14.2 Å². The Morgan fingerprint density at radius 1 is 1.42 bits per heavy atom. The van der Waals surface area contributed by atoms with Crippen molar-refractivity contribution in [1.82, 2.24) is 5.32 Å². The fourth-order valence-corrected chi connectivity index (χ4v) is 1.05. The van der Waals surface area contributed by atoms with Crippen molar-refractivity contribution in [2.45, 2.75) is 13.0 Å². The van der Waals surface area contributed by atoms with Crippen molar-refractivity contribution in [2.24, 2.45) is 0 Å². The fraction of sp³-hybridized carbons (Fsp3) is 0.400. The second-order valence-electron chi connectivity index (χ2n) is 2.71. The Kier molecular flexibility index (Phi) is 3.11. The third-order valence-electron chi connectivity index (χ3n) is 1.96. The van der Waals surface area contributed by atoms with E-state index in [1.165, 1.54) is 5.56 Å². The first-order valence-corrected chi connectivity index (χ1v) is 4.01. The van der Waals surface area contributed by atoms with E-state index in [-0.39, 0.29) is 6.04 Å². The Hall–Kier alpha value is -1.02. The molecule has 1 unspecified atom stereocenters. The Bertz CT molecular complexity index is 247. The van der Waals surface area contributed by atoms with E-state index in [0.717, 1.165) is 5.75 Å². The molecule has 0 aromatic heterocycles. The molecule has 0 spiro atoms. The molecule has 1 rings (SSSR count). The zero-order valence-electron chi connectivity index (χ0n) is 7.74.